The van der Waals surface area contributed by atoms with Gasteiger partial charge in [0.15, 0.2) is 0 Å². The molecule has 0 N–H and O–H groups in total. The number of benzene rings is 2. The first-order valence-corrected chi connectivity index (χ1v) is 6.67. The number of hydrogen-bond donors (Lipinski definition) is 0. The quantitative estimate of drug-likeness (QED) is 0.728. The van der Waals surface area contributed by atoms with Gasteiger partial charge in [-0.25, -0.2) is 4.39 Å². The molecular formula is C17H19FO3. The molecule has 2 aromatic rings. The lowest BCUT2D eigenvalue weighted by Gasteiger charge is -2.28. The van der Waals surface area contributed by atoms with Crippen LogP contribution < -0.4 is 4.74 Å². The molecule has 0 unspecified atom stereocenters. The molecule has 0 aliphatic carbocycles. The lowest BCUT2D eigenvalue weighted by Crippen LogP contribution is -2.33. The average molecular weight is 290 g/mol. The Morgan fingerprint density at radius 1 is 0.905 bits per heavy atom. The van der Waals surface area contributed by atoms with Gasteiger partial charge in [0, 0.05) is 19.8 Å². The van der Waals surface area contributed by atoms with Gasteiger partial charge in [0.2, 0.25) is 5.79 Å². The molecule has 0 saturated carbocycles. The summed E-state index contributed by atoms with van der Waals surface area (Å²) < 4.78 is 29.2. The maximum Gasteiger partial charge on any atom is 0.223 e. The number of methoxy groups -OCH3 is 2. The van der Waals surface area contributed by atoms with Crippen molar-refractivity contribution in [3.63, 3.8) is 0 Å². The van der Waals surface area contributed by atoms with E-state index in [1.807, 2.05) is 30.3 Å². The zero-order valence-electron chi connectivity index (χ0n) is 12.2. The molecule has 0 aromatic heterocycles. The zero-order chi connectivity index (χ0) is 15.1. The zero-order valence-corrected chi connectivity index (χ0v) is 12.2. The first-order valence-electron chi connectivity index (χ1n) is 6.67. The fourth-order valence-corrected chi connectivity index (χ4v) is 2.05. The van der Waals surface area contributed by atoms with E-state index in [0.717, 1.165) is 5.56 Å². The van der Waals surface area contributed by atoms with Crippen LogP contribution >= 0.6 is 0 Å². The van der Waals surface area contributed by atoms with Gasteiger partial charge in [0.25, 0.3) is 0 Å². The van der Waals surface area contributed by atoms with E-state index in [1.165, 1.54) is 14.2 Å². The topological polar surface area (TPSA) is 27.7 Å². The van der Waals surface area contributed by atoms with Crippen molar-refractivity contribution in [3.05, 3.63) is 65.7 Å². The van der Waals surface area contributed by atoms with Crippen molar-refractivity contribution in [3.8, 4) is 5.75 Å². The molecule has 0 bridgehead atoms. The lowest BCUT2D eigenvalue weighted by molar-refractivity contribution is -0.224. The first kappa shape index (κ1) is 15.5. The molecule has 112 valence electrons. The summed E-state index contributed by atoms with van der Waals surface area (Å²) in [6.45, 7) is -0.271. The number of ether oxygens (including phenoxy) is 3. The third-order valence-corrected chi connectivity index (χ3v) is 3.38. The molecule has 0 aliphatic rings. The number of rotatable bonds is 7. The monoisotopic (exact) mass is 290 g/mol. The second-order valence-electron chi connectivity index (χ2n) is 4.59. The molecule has 21 heavy (non-hydrogen) atoms. The molecular weight excluding hydrogens is 271 g/mol. The SMILES string of the molecule is COC(CF)(OC)c1ccc(OCc2ccccc2)cc1. The Balaban J connectivity index is 2.05. The summed E-state index contributed by atoms with van der Waals surface area (Å²) in [5, 5.41) is 0. The number of halogens is 1. The summed E-state index contributed by atoms with van der Waals surface area (Å²) in [6.07, 6.45) is 0. The van der Waals surface area contributed by atoms with Crippen LogP contribution in [-0.2, 0) is 21.9 Å². The van der Waals surface area contributed by atoms with Crippen molar-refractivity contribution in [2.75, 3.05) is 20.9 Å². The van der Waals surface area contributed by atoms with Crippen LogP contribution in [0, 0.1) is 0 Å². The third kappa shape index (κ3) is 3.60. The lowest BCUT2D eigenvalue weighted by atomic mass is 10.1. The van der Waals surface area contributed by atoms with Crippen LogP contribution in [0.1, 0.15) is 11.1 Å². The van der Waals surface area contributed by atoms with Crippen LogP contribution in [0.4, 0.5) is 4.39 Å². The molecule has 0 atom stereocenters. The fraction of sp³-hybridized carbons (Fsp3) is 0.294. The van der Waals surface area contributed by atoms with Gasteiger partial charge < -0.3 is 14.2 Å². The van der Waals surface area contributed by atoms with Crippen LogP contribution in [-0.4, -0.2) is 20.9 Å². The molecule has 4 heteroatoms. The van der Waals surface area contributed by atoms with Gasteiger partial charge in [-0.15, -0.1) is 0 Å². The summed E-state index contributed by atoms with van der Waals surface area (Å²) in [6, 6.07) is 16.9. The van der Waals surface area contributed by atoms with Gasteiger partial charge in [-0.3, -0.25) is 0 Å². The summed E-state index contributed by atoms with van der Waals surface area (Å²) in [4.78, 5) is 0. The average Bonchev–Trinajstić information content (AvgIpc) is 2.57. The Morgan fingerprint density at radius 3 is 2.05 bits per heavy atom. The van der Waals surface area contributed by atoms with Gasteiger partial charge >= 0.3 is 0 Å². The van der Waals surface area contributed by atoms with E-state index in [0.29, 0.717) is 17.9 Å². The smallest absolute Gasteiger partial charge is 0.223 e. The van der Waals surface area contributed by atoms with E-state index in [1.54, 1.807) is 24.3 Å². The molecule has 2 aromatic carbocycles. The van der Waals surface area contributed by atoms with Crippen molar-refractivity contribution >= 4 is 0 Å². The first-order chi connectivity index (χ1) is 10.2. The number of hydrogen-bond acceptors (Lipinski definition) is 3. The highest BCUT2D eigenvalue weighted by atomic mass is 19.1. The van der Waals surface area contributed by atoms with Crippen molar-refractivity contribution in [2.45, 2.75) is 12.4 Å². The van der Waals surface area contributed by atoms with Gasteiger partial charge in [-0.2, -0.15) is 0 Å². The predicted octanol–water partition coefficient (Wildman–Crippen LogP) is 3.68. The molecule has 0 amide bonds. The molecule has 0 radical (unpaired) electrons. The molecule has 3 nitrogen and oxygen atoms in total. The Hall–Kier alpha value is -1.91. The minimum Gasteiger partial charge on any atom is -0.489 e. The van der Waals surface area contributed by atoms with E-state index in [4.69, 9.17) is 14.2 Å². The minimum atomic E-state index is -1.35. The Labute approximate surface area is 124 Å². The largest absolute Gasteiger partial charge is 0.489 e. The van der Waals surface area contributed by atoms with Crippen LogP contribution in [0.3, 0.4) is 0 Å². The minimum absolute atomic E-state index is 0.489. The van der Waals surface area contributed by atoms with E-state index < -0.39 is 12.5 Å². The third-order valence-electron chi connectivity index (χ3n) is 3.38. The standard InChI is InChI=1S/C17H19FO3/c1-19-17(13-18,20-2)15-8-10-16(11-9-15)21-12-14-6-4-3-5-7-14/h3-11H,12-13H2,1-2H3. The highest BCUT2D eigenvalue weighted by molar-refractivity contribution is 5.30. The van der Waals surface area contributed by atoms with E-state index in [-0.39, 0.29) is 0 Å². The van der Waals surface area contributed by atoms with Crippen molar-refractivity contribution in [2.24, 2.45) is 0 Å². The summed E-state index contributed by atoms with van der Waals surface area (Å²) >= 11 is 0. The second-order valence-corrected chi connectivity index (χ2v) is 4.59. The molecule has 2 rings (SSSR count). The molecule has 0 spiro atoms. The van der Waals surface area contributed by atoms with Crippen LogP contribution in [0.15, 0.2) is 54.6 Å². The van der Waals surface area contributed by atoms with E-state index >= 15 is 0 Å². The van der Waals surface area contributed by atoms with Crippen LogP contribution in [0.5, 0.6) is 5.75 Å². The van der Waals surface area contributed by atoms with Gasteiger partial charge in [-0.1, -0.05) is 30.3 Å². The second kappa shape index (κ2) is 7.20. The maximum absolute atomic E-state index is 13.2. The summed E-state index contributed by atoms with van der Waals surface area (Å²) in [5.41, 5.74) is 1.70. The molecule has 0 aliphatic heterocycles. The number of alkyl halides is 1. The molecule has 0 saturated heterocycles. The van der Waals surface area contributed by atoms with E-state index in [2.05, 4.69) is 0 Å². The summed E-state index contributed by atoms with van der Waals surface area (Å²) in [5.74, 6) is -0.639. The highest BCUT2D eigenvalue weighted by Crippen LogP contribution is 2.28. The van der Waals surface area contributed by atoms with Gasteiger partial charge in [0.05, 0.1) is 0 Å². The Bertz CT molecular complexity index is 527. The molecule has 0 heterocycles. The Morgan fingerprint density at radius 2 is 1.52 bits per heavy atom. The van der Waals surface area contributed by atoms with Crippen molar-refractivity contribution < 1.29 is 18.6 Å². The van der Waals surface area contributed by atoms with E-state index in [9.17, 15) is 4.39 Å². The van der Waals surface area contributed by atoms with Crippen LogP contribution in [0.25, 0.3) is 0 Å². The van der Waals surface area contributed by atoms with Crippen molar-refractivity contribution in [1.29, 1.82) is 0 Å². The van der Waals surface area contributed by atoms with Gasteiger partial charge in [-0.05, 0) is 29.8 Å². The Kier molecular flexibility index (Phi) is 5.31. The predicted molar refractivity (Wildman–Crippen MR) is 78.9 cm³/mol. The fourth-order valence-electron chi connectivity index (χ4n) is 2.05. The molecule has 0 fully saturated rings. The van der Waals surface area contributed by atoms with Crippen LogP contribution in [0.2, 0.25) is 0 Å². The van der Waals surface area contributed by atoms with Gasteiger partial charge in [0.1, 0.15) is 19.0 Å². The maximum atomic E-state index is 13.2. The summed E-state index contributed by atoms with van der Waals surface area (Å²) in [7, 11) is 2.84. The van der Waals surface area contributed by atoms with Crippen molar-refractivity contribution in [1.82, 2.24) is 0 Å². The highest BCUT2D eigenvalue weighted by Gasteiger charge is 2.32. The normalized spacial score (nSPS) is 11.4.